The van der Waals surface area contributed by atoms with E-state index >= 15 is 0 Å². The first kappa shape index (κ1) is 7.77. The lowest BCUT2D eigenvalue weighted by molar-refractivity contribution is 0.272. The van der Waals surface area contributed by atoms with Gasteiger partial charge in [-0.3, -0.25) is 0 Å². The first-order chi connectivity index (χ1) is 5.81. The van der Waals surface area contributed by atoms with Crippen molar-refractivity contribution in [3.63, 3.8) is 0 Å². The van der Waals surface area contributed by atoms with Gasteiger partial charge in [0.05, 0.1) is 6.10 Å². The van der Waals surface area contributed by atoms with Crippen LogP contribution in [0.5, 0.6) is 0 Å². The summed E-state index contributed by atoms with van der Waals surface area (Å²) in [6.07, 6.45) is 0.816. The van der Waals surface area contributed by atoms with Gasteiger partial charge in [0.2, 0.25) is 0 Å². The summed E-state index contributed by atoms with van der Waals surface area (Å²) in [6, 6.07) is 8.17. The van der Waals surface area contributed by atoms with E-state index in [0.717, 1.165) is 12.0 Å². The van der Waals surface area contributed by atoms with Crippen molar-refractivity contribution in [1.82, 2.24) is 0 Å². The highest BCUT2D eigenvalue weighted by atomic mass is 16.3. The van der Waals surface area contributed by atoms with Crippen molar-refractivity contribution in [2.45, 2.75) is 25.0 Å². The first-order valence-corrected chi connectivity index (χ1v) is 4.28. The Labute approximate surface area is 72.0 Å². The Balaban J connectivity index is 2.14. The fraction of sp³-hybridized carbons (Fsp3) is 0.400. The van der Waals surface area contributed by atoms with Crippen LogP contribution < -0.4 is 5.73 Å². The molecule has 1 aliphatic carbocycles. The number of aliphatic hydroxyl groups excluding tert-OH is 1. The van der Waals surface area contributed by atoms with Gasteiger partial charge in [-0.05, 0) is 17.5 Å². The van der Waals surface area contributed by atoms with Crippen LogP contribution in [0.1, 0.15) is 23.5 Å². The lowest BCUT2D eigenvalue weighted by Gasteiger charge is -1.99. The molecule has 0 amide bonds. The van der Waals surface area contributed by atoms with E-state index in [1.165, 1.54) is 5.56 Å². The molecule has 3 N–H and O–H groups in total. The molecule has 2 rings (SSSR count). The van der Waals surface area contributed by atoms with Crippen LogP contribution in [0.2, 0.25) is 0 Å². The summed E-state index contributed by atoms with van der Waals surface area (Å²) in [6.45, 7) is 0.591. The van der Waals surface area contributed by atoms with Crippen LogP contribution in [-0.2, 0) is 6.54 Å². The van der Waals surface area contributed by atoms with Gasteiger partial charge in [-0.25, -0.2) is 0 Å². The molecular formula is C10H13NO. The molecule has 1 saturated carbocycles. The maximum Gasteiger partial charge on any atom is 0.0616 e. The van der Waals surface area contributed by atoms with Crippen molar-refractivity contribution >= 4 is 0 Å². The standard InChI is InChI=1S/C10H13NO/c11-6-7-1-3-8(4-2-7)9-5-10(9)12/h1-4,9-10,12H,5-6,11H2. The van der Waals surface area contributed by atoms with Gasteiger partial charge in [-0.15, -0.1) is 0 Å². The third kappa shape index (κ3) is 1.36. The molecule has 1 fully saturated rings. The zero-order valence-electron chi connectivity index (χ0n) is 6.90. The van der Waals surface area contributed by atoms with E-state index in [4.69, 9.17) is 5.73 Å². The Bertz CT molecular complexity index is 268. The molecule has 2 heteroatoms. The fourth-order valence-electron chi connectivity index (χ4n) is 1.44. The second-order valence-corrected chi connectivity index (χ2v) is 3.36. The third-order valence-electron chi connectivity index (χ3n) is 2.40. The van der Waals surface area contributed by atoms with E-state index in [2.05, 4.69) is 12.1 Å². The van der Waals surface area contributed by atoms with Gasteiger partial charge in [0, 0.05) is 12.5 Å². The van der Waals surface area contributed by atoms with E-state index in [0.29, 0.717) is 12.5 Å². The monoisotopic (exact) mass is 163 g/mol. The molecule has 64 valence electrons. The van der Waals surface area contributed by atoms with Crippen molar-refractivity contribution in [3.05, 3.63) is 35.4 Å². The maximum absolute atomic E-state index is 9.18. The van der Waals surface area contributed by atoms with Crippen molar-refractivity contribution in [3.8, 4) is 0 Å². The van der Waals surface area contributed by atoms with E-state index in [9.17, 15) is 5.11 Å². The van der Waals surface area contributed by atoms with Crippen LogP contribution in [0.4, 0.5) is 0 Å². The number of hydrogen-bond acceptors (Lipinski definition) is 2. The SMILES string of the molecule is NCc1ccc(C2CC2O)cc1. The second kappa shape index (κ2) is 2.88. The summed E-state index contributed by atoms with van der Waals surface area (Å²) in [5, 5.41) is 9.18. The molecule has 1 aromatic rings. The molecule has 2 unspecified atom stereocenters. The van der Waals surface area contributed by atoms with Crippen molar-refractivity contribution in [2.75, 3.05) is 0 Å². The van der Waals surface area contributed by atoms with Gasteiger partial charge in [-0.2, -0.15) is 0 Å². The van der Waals surface area contributed by atoms with Crippen LogP contribution in [0.15, 0.2) is 24.3 Å². The predicted octanol–water partition coefficient (Wildman–Crippen LogP) is 0.994. The maximum atomic E-state index is 9.18. The van der Waals surface area contributed by atoms with Gasteiger partial charge in [0.25, 0.3) is 0 Å². The van der Waals surface area contributed by atoms with E-state index in [-0.39, 0.29) is 6.10 Å². The van der Waals surface area contributed by atoms with Crippen LogP contribution in [-0.4, -0.2) is 11.2 Å². The first-order valence-electron chi connectivity index (χ1n) is 4.28. The Kier molecular flexibility index (Phi) is 1.87. The summed E-state index contributed by atoms with van der Waals surface area (Å²) in [5.41, 5.74) is 7.85. The Morgan fingerprint density at radius 3 is 2.33 bits per heavy atom. The van der Waals surface area contributed by atoms with E-state index in [1.54, 1.807) is 0 Å². The number of hydrogen-bond donors (Lipinski definition) is 2. The highest BCUT2D eigenvalue weighted by Gasteiger charge is 2.36. The molecule has 0 aliphatic heterocycles. The summed E-state index contributed by atoms with van der Waals surface area (Å²) in [4.78, 5) is 0. The summed E-state index contributed by atoms with van der Waals surface area (Å²) in [5.74, 6) is 0.386. The normalized spacial score (nSPS) is 27.2. The Morgan fingerprint density at radius 1 is 1.33 bits per heavy atom. The molecule has 2 atom stereocenters. The van der Waals surface area contributed by atoms with Crippen LogP contribution in [0, 0.1) is 0 Å². The minimum Gasteiger partial charge on any atom is -0.392 e. The molecule has 2 nitrogen and oxygen atoms in total. The predicted molar refractivity (Wildman–Crippen MR) is 47.7 cm³/mol. The zero-order chi connectivity index (χ0) is 8.55. The molecule has 0 bridgehead atoms. The minimum absolute atomic E-state index is 0.103. The van der Waals surface area contributed by atoms with Gasteiger partial charge < -0.3 is 10.8 Å². The molecule has 0 aromatic heterocycles. The summed E-state index contributed by atoms with van der Waals surface area (Å²) < 4.78 is 0. The summed E-state index contributed by atoms with van der Waals surface area (Å²) >= 11 is 0. The van der Waals surface area contributed by atoms with Crippen molar-refractivity contribution in [1.29, 1.82) is 0 Å². The molecule has 0 spiro atoms. The fourth-order valence-corrected chi connectivity index (χ4v) is 1.44. The summed E-state index contributed by atoms with van der Waals surface area (Å²) in [7, 11) is 0. The number of rotatable bonds is 2. The average molecular weight is 163 g/mol. The molecule has 0 saturated heterocycles. The number of benzene rings is 1. The Morgan fingerprint density at radius 2 is 1.92 bits per heavy atom. The molecular weight excluding hydrogens is 150 g/mol. The quantitative estimate of drug-likeness (QED) is 0.683. The van der Waals surface area contributed by atoms with Crippen LogP contribution >= 0.6 is 0 Å². The van der Waals surface area contributed by atoms with Crippen LogP contribution in [0.3, 0.4) is 0 Å². The van der Waals surface area contributed by atoms with E-state index < -0.39 is 0 Å². The van der Waals surface area contributed by atoms with E-state index in [1.807, 2.05) is 12.1 Å². The lowest BCUT2D eigenvalue weighted by Crippen LogP contribution is -1.96. The molecule has 12 heavy (non-hydrogen) atoms. The van der Waals surface area contributed by atoms with Gasteiger partial charge in [0.15, 0.2) is 0 Å². The number of aliphatic hydroxyl groups is 1. The average Bonchev–Trinajstić information content (AvgIpc) is 2.83. The highest BCUT2D eigenvalue weighted by molar-refractivity contribution is 5.29. The third-order valence-corrected chi connectivity index (χ3v) is 2.40. The van der Waals surface area contributed by atoms with Gasteiger partial charge >= 0.3 is 0 Å². The van der Waals surface area contributed by atoms with Crippen molar-refractivity contribution < 1.29 is 5.11 Å². The smallest absolute Gasteiger partial charge is 0.0616 e. The molecule has 1 aliphatic rings. The zero-order valence-corrected chi connectivity index (χ0v) is 6.90. The van der Waals surface area contributed by atoms with Crippen LogP contribution in [0.25, 0.3) is 0 Å². The van der Waals surface area contributed by atoms with Gasteiger partial charge in [-0.1, -0.05) is 24.3 Å². The second-order valence-electron chi connectivity index (χ2n) is 3.36. The highest BCUT2D eigenvalue weighted by Crippen LogP contribution is 2.40. The van der Waals surface area contributed by atoms with Crippen molar-refractivity contribution in [2.24, 2.45) is 5.73 Å². The molecule has 0 heterocycles. The topological polar surface area (TPSA) is 46.2 Å². The molecule has 1 aromatic carbocycles. The lowest BCUT2D eigenvalue weighted by atomic mass is 10.1. The Hall–Kier alpha value is -0.860. The van der Waals surface area contributed by atoms with Gasteiger partial charge in [0.1, 0.15) is 0 Å². The number of nitrogens with two attached hydrogens (primary N) is 1. The largest absolute Gasteiger partial charge is 0.392 e. The minimum atomic E-state index is -0.103. The molecule has 0 radical (unpaired) electrons.